The molecule has 94 valence electrons. The number of nitrogens with one attached hydrogen (secondary N) is 1. The van der Waals surface area contributed by atoms with Gasteiger partial charge in [-0.1, -0.05) is 0 Å². The van der Waals surface area contributed by atoms with E-state index in [4.69, 9.17) is 5.73 Å². The van der Waals surface area contributed by atoms with Crippen molar-refractivity contribution in [3.63, 3.8) is 0 Å². The maximum absolute atomic E-state index is 12.0. The summed E-state index contributed by atoms with van der Waals surface area (Å²) in [5.74, 6) is -0.126. The van der Waals surface area contributed by atoms with Crippen LogP contribution in [-0.2, 0) is 0 Å². The number of anilines is 2. The summed E-state index contributed by atoms with van der Waals surface area (Å²) in [6.07, 6.45) is 0. The van der Waals surface area contributed by atoms with Crippen molar-refractivity contribution in [2.24, 2.45) is 0 Å². The molecule has 0 aliphatic carbocycles. The van der Waals surface area contributed by atoms with E-state index in [0.29, 0.717) is 16.3 Å². The van der Waals surface area contributed by atoms with Crippen molar-refractivity contribution >= 4 is 60.5 Å². The number of nitrogen functional groups attached to an aromatic ring is 1. The van der Waals surface area contributed by atoms with Crippen LogP contribution in [0.5, 0.6) is 0 Å². The molecule has 18 heavy (non-hydrogen) atoms. The van der Waals surface area contributed by atoms with Gasteiger partial charge < -0.3 is 11.1 Å². The first-order chi connectivity index (χ1) is 8.47. The predicted octanol–water partition coefficient (Wildman–Crippen LogP) is 4.42. The lowest BCUT2D eigenvalue weighted by molar-refractivity contribution is 0.103. The van der Waals surface area contributed by atoms with Gasteiger partial charge in [0.15, 0.2) is 0 Å². The molecule has 0 bridgehead atoms. The Morgan fingerprint density at radius 3 is 2.61 bits per heavy atom. The number of hydrogen-bond donors (Lipinski definition) is 2. The minimum Gasteiger partial charge on any atom is -0.399 e. The summed E-state index contributed by atoms with van der Waals surface area (Å²) in [5, 5.41) is 2.84. The van der Waals surface area contributed by atoms with Crippen LogP contribution in [0, 0.1) is 6.92 Å². The van der Waals surface area contributed by atoms with Crippen molar-refractivity contribution in [2.45, 2.75) is 6.92 Å². The molecule has 1 amide bonds. The van der Waals surface area contributed by atoms with Crippen LogP contribution in [0.15, 0.2) is 32.5 Å². The summed E-state index contributed by atoms with van der Waals surface area (Å²) in [7, 11) is 0. The lowest BCUT2D eigenvalue weighted by atomic mass is 10.2. The largest absolute Gasteiger partial charge is 0.399 e. The van der Waals surface area contributed by atoms with Crippen LogP contribution >= 0.6 is 43.2 Å². The third-order valence-electron chi connectivity index (χ3n) is 2.32. The van der Waals surface area contributed by atoms with Gasteiger partial charge in [-0.25, -0.2) is 0 Å². The van der Waals surface area contributed by atoms with Gasteiger partial charge in [0.2, 0.25) is 0 Å². The third kappa shape index (κ3) is 2.93. The molecule has 0 radical (unpaired) electrons. The Morgan fingerprint density at radius 2 is 2.06 bits per heavy atom. The second-order valence-corrected chi connectivity index (χ2v) is 6.99. The number of benzene rings is 1. The molecular formula is C12H10Br2N2OS. The molecule has 2 aromatic rings. The van der Waals surface area contributed by atoms with E-state index in [1.54, 1.807) is 18.2 Å². The van der Waals surface area contributed by atoms with Crippen LogP contribution < -0.4 is 11.1 Å². The number of rotatable bonds is 2. The molecule has 0 saturated carbocycles. The van der Waals surface area contributed by atoms with Crippen LogP contribution in [0.1, 0.15) is 15.2 Å². The summed E-state index contributed by atoms with van der Waals surface area (Å²) >= 11 is 8.19. The van der Waals surface area contributed by atoms with E-state index in [0.717, 1.165) is 13.8 Å². The Kier molecular flexibility index (Phi) is 4.09. The van der Waals surface area contributed by atoms with E-state index in [9.17, 15) is 4.79 Å². The molecule has 0 fully saturated rings. The lowest BCUT2D eigenvalue weighted by Gasteiger charge is -2.06. The van der Waals surface area contributed by atoms with Gasteiger partial charge >= 0.3 is 0 Å². The average molecular weight is 390 g/mol. The molecule has 0 aliphatic rings. The fourth-order valence-electron chi connectivity index (χ4n) is 1.39. The summed E-state index contributed by atoms with van der Waals surface area (Å²) in [6.45, 7) is 1.95. The Bertz CT molecular complexity index is 591. The highest BCUT2D eigenvalue weighted by Crippen LogP contribution is 2.29. The number of halogens is 2. The average Bonchev–Trinajstić information content (AvgIpc) is 2.63. The fraction of sp³-hybridized carbons (Fsp3) is 0.0833. The summed E-state index contributed by atoms with van der Waals surface area (Å²) in [6, 6.07) is 7.13. The van der Waals surface area contributed by atoms with E-state index in [-0.39, 0.29) is 5.91 Å². The quantitative estimate of drug-likeness (QED) is 0.747. The summed E-state index contributed by atoms with van der Waals surface area (Å²) in [5.41, 5.74) is 8.06. The standard InChI is InChI=1S/C12H10Br2N2OS/c1-6-4-10(18-11(6)14)12(17)16-9-3-2-7(15)5-8(9)13/h2-5H,15H2,1H3,(H,16,17). The molecule has 3 nitrogen and oxygen atoms in total. The van der Waals surface area contributed by atoms with Crippen molar-refractivity contribution in [1.29, 1.82) is 0 Å². The molecule has 0 saturated heterocycles. The van der Waals surface area contributed by atoms with Crippen molar-refractivity contribution < 1.29 is 4.79 Å². The minimum absolute atomic E-state index is 0.126. The highest BCUT2D eigenvalue weighted by atomic mass is 79.9. The molecule has 6 heteroatoms. The fourth-order valence-corrected chi connectivity index (χ4v) is 3.31. The first-order valence-electron chi connectivity index (χ1n) is 5.09. The Labute approximate surface area is 126 Å². The molecule has 1 aromatic carbocycles. The number of carbonyl (C=O) groups is 1. The van der Waals surface area contributed by atoms with E-state index in [1.807, 2.05) is 13.0 Å². The Morgan fingerprint density at radius 1 is 1.33 bits per heavy atom. The highest BCUT2D eigenvalue weighted by molar-refractivity contribution is 9.11. The third-order valence-corrected chi connectivity index (χ3v) is 5.11. The van der Waals surface area contributed by atoms with Gasteiger partial charge in [-0.15, -0.1) is 11.3 Å². The van der Waals surface area contributed by atoms with E-state index in [1.165, 1.54) is 11.3 Å². The van der Waals surface area contributed by atoms with Crippen LogP contribution in [0.25, 0.3) is 0 Å². The van der Waals surface area contributed by atoms with Gasteiger partial charge in [0.05, 0.1) is 14.4 Å². The zero-order chi connectivity index (χ0) is 13.3. The Balaban J connectivity index is 2.21. The van der Waals surface area contributed by atoms with E-state index in [2.05, 4.69) is 37.2 Å². The zero-order valence-electron chi connectivity index (χ0n) is 9.46. The number of thiophene rings is 1. The predicted molar refractivity (Wildman–Crippen MR) is 83.3 cm³/mol. The minimum atomic E-state index is -0.126. The summed E-state index contributed by atoms with van der Waals surface area (Å²) < 4.78 is 1.74. The molecule has 2 rings (SSSR count). The second-order valence-electron chi connectivity index (χ2n) is 3.76. The lowest BCUT2D eigenvalue weighted by Crippen LogP contribution is -2.10. The van der Waals surface area contributed by atoms with Gasteiger partial charge in [-0.3, -0.25) is 4.79 Å². The van der Waals surface area contributed by atoms with E-state index >= 15 is 0 Å². The molecule has 3 N–H and O–H groups in total. The molecular weight excluding hydrogens is 380 g/mol. The zero-order valence-corrected chi connectivity index (χ0v) is 13.4. The number of carbonyl (C=O) groups excluding carboxylic acids is 1. The first-order valence-corrected chi connectivity index (χ1v) is 7.50. The molecule has 1 heterocycles. The van der Waals surface area contributed by atoms with E-state index < -0.39 is 0 Å². The molecule has 1 aromatic heterocycles. The van der Waals surface area contributed by atoms with Crippen molar-refractivity contribution in [1.82, 2.24) is 0 Å². The van der Waals surface area contributed by atoms with Crippen LogP contribution in [0.3, 0.4) is 0 Å². The first kappa shape index (κ1) is 13.6. The van der Waals surface area contributed by atoms with Crippen molar-refractivity contribution in [2.75, 3.05) is 11.1 Å². The molecule has 0 unspecified atom stereocenters. The molecule has 0 atom stereocenters. The SMILES string of the molecule is Cc1cc(C(=O)Nc2ccc(N)cc2Br)sc1Br. The van der Waals surface area contributed by atoms with Gasteiger partial charge in [-0.2, -0.15) is 0 Å². The van der Waals surface area contributed by atoms with Crippen molar-refractivity contribution in [3.8, 4) is 0 Å². The number of hydrogen-bond acceptors (Lipinski definition) is 3. The topological polar surface area (TPSA) is 55.1 Å². The molecule has 0 spiro atoms. The monoisotopic (exact) mass is 388 g/mol. The van der Waals surface area contributed by atoms with Crippen LogP contribution in [-0.4, -0.2) is 5.91 Å². The smallest absolute Gasteiger partial charge is 0.265 e. The van der Waals surface area contributed by atoms with Crippen molar-refractivity contribution in [3.05, 3.63) is 43.0 Å². The van der Waals surface area contributed by atoms with Gasteiger partial charge in [0, 0.05) is 10.2 Å². The van der Waals surface area contributed by atoms with Gasteiger partial charge in [0.25, 0.3) is 5.91 Å². The summed E-state index contributed by atoms with van der Waals surface area (Å²) in [4.78, 5) is 12.7. The van der Waals surface area contributed by atoms with Gasteiger partial charge in [0.1, 0.15) is 0 Å². The normalized spacial score (nSPS) is 10.4. The van der Waals surface area contributed by atoms with Gasteiger partial charge in [-0.05, 0) is 68.6 Å². The maximum Gasteiger partial charge on any atom is 0.265 e. The van der Waals surface area contributed by atoms with Crippen LogP contribution in [0.2, 0.25) is 0 Å². The number of amides is 1. The highest BCUT2D eigenvalue weighted by Gasteiger charge is 2.12. The Hall–Kier alpha value is -0.850. The molecule has 0 aliphatic heterocycles. The number of aryl methyl sites for hydroxylation is 1. The maximum atomic E-state index is 12.0. The number of nitrogens with two attached hydrogens (primary N) is 1. The van der Waals surface area contributed by atoms with Crippen LogP contribution in [0.4, 0.5) is 11.4 Å². The second kappa shape index (κ2) is 5.42.